The predicted octanol–water partition coefficient (Wildman–Crippen LogP) is 4.67. The van der Waals surface area contributed by atoms with Gasteiger partial charge in [-0.15, -0.1) is 0 Å². The minimum atomic E-state index is 0.0154. The number of fused-ring (bicyclic) bond motifs is 1. The Morgan fingerprint density at radius 1 is 1.10 bits per heavy atom. The topological polar surface area (TPSA) is 32.9 Å². The number of H-pyrrole nitrogens is 1. The number of nitrogens with one attached hydrogen (secondary N) is 1. The van der Waals surface area contributed by atoms with Crippen LogP contribution in [-0.2, 0) is 0 Å². The first-order chi connectivity index (χ1) is 9.56. The summed E-state index contributed by atoms with van der Waals surface area (Å²) in [6.07, 6.45) is 1.77. The highest BCUT2D eigenvalue weighted by molar-refractivity contribution is 6.31. The quantitative estimate of drug-likeness (QED) is 0.681. The lowest BCUT2D eigenvalue weighted by atomic mass is 10.0. The molecular weight excluding hydrogens is 270 g/mol. The molecule has 0 aliphatic heterocycles. The van der Waals surface area contributed by atoms with Gasteiger partial charge >= 0.3 is 0 Å². The summed E-state index contributed by atoms with van der Waals surface area (Å²) in [7, 11) is 0. The van der Waals surface area contributed by atoms with E-state index in [4.69, 9.17) is 11.6 Å². The van der Waals surface area contributed by atoms with Gasteiger partial charge in [0.05, 0.1) is 0 Å². The molecule has 2 nitrogen and oxygen atoms in total. The summed E-state index contributed by atoms with van der Waals surface area (Å²) in [6, 6.07) is 11.4. The molecule has 1 N–H and O–H groups in total. The monoisotopic (exact) mass is 283 g/mol. The Labute approximate surface area is 122 Å². The maximum absolute atomic E-state index is 12.6. The number of carbonyl (C=O) groups excluding carboxylic acids is 1. The number of rotatable bonds is 2. The van der Waals surface area contributed by atoms with Gasteiger partial charge in [-0.2, -0.15) is 0 Å². The fraction of sp³-hybridized carbons (Fsp3) is 0.118. The fourth-order valence-electron chi connectivity index (χ4n) is 2.36. The number of halogens is 1. The molecule has 0 fully saturated rings. The van der Waals surface area contributed by atoms with Crippen molar-refractivity contribution in [3.8, 4) is 0 Å². The first-order valence-electron chi connectivity index (χ1n) is 6.45. The number of aromatic amines is 1. The van der Waals surface area contributed by atoms with Crippen molar-refractivity contribution in [3.05, 3.63) is 69.9 Å². The van der Waals surface area contributed by atoms with E-state index in [-0.39, 0.29) is 5.78 Å². The van der Waals surface area contributed by atoms with Crippen molar-refractivity contribution < 1.29 is 4.79 Å². The van der Waals surface area contributed by atoms with Crippen LogP contribution in [0.2, 0.25) is 5.02 Å². The van der Waals surface area contributed by atoms with Crippen molar-refractivity contribution in [2.75, 3.05) is 0 Å². The molecule has 0 bridgehead atoms. The number of benzene rings is 2. The molecule has 1 aromatic heterocycles. The smallest absolute Gasteiger partial charge is 0.195 e. The summed E-state index contributed by atoms with van der Waals surface area (Å²) in [5.41, 5.74) is 4.39. The SMILES string of the molecule is Cc1ccc2[nH]cc(C(=O)c3ccc(Cl)c(C)c3)c2c1. The highest BCUT2D eigenvalue weighted by atomic mass is 35.5. The van der Waals surface area contributed by atoms with Gasteiger partial charge in [0.2, 0.25) is 0 Å². The lowest BCUT2D eigenvalue weighted by molar-refractivity contribution is 0.104. The normalized spacial score (nSPS) is 10.9. The maximum Gasteiger partial charge on any atom is 0.195 e. The van der Waals surface area contributed by atoms with Crippen molar-refractivity contribution in [2.45, 2.75) is 13.8 Å². The first-order valence-corrected chi connectivity index (χ1v) is 6.82. The van der Waals surface area contributed by atoms with Crippen LogP contribution in [0.5, 0.6) is 0 Å². The second kappa shape index (κ2) is 4.80. The van der Waals surface area contributed by atoms with Gasteiger partial charge < -0.3 is 4.98 Å². The molecule has 0 aliphatic rings. The third kappa shape index (κ3) is 2.12. The van der Waals surface area contributed by atoms with Gasteiger partial charge in [0.15, 0.2) is 5.78 Å². The zero-order valence-electron chi connectivity index (χ0n) is 11.3. The van der Waals surface area contributed by atoms with Crippen LogP contribution < -0.4 is 0 Å². The van der Waals surface area contributed by atoms with E-state index in [0.29, 0.717) is 16.1 Å². The fourth-order valence-corrected chi connectivity index (χ4v) is 2.48. The Kier molecular flexibility index (Phi) is 3.11. The number of carbonyl (C=O) groups is 1. The highest BCUT2D eigenvalue weighted by Crippen LogP contribution is 2.24. The molecule has 0 saturated carbocycles. The van der Waals surface area contributed by atoms with Gasteiger partial charge in [-0.1, -0.05) is 23.2 Å². The van der Waals surface area contributed by atoms with Crippen LogP contribution in [0.25, 0.3) is 10.9 Å². The second-order valence-electron chi connectivity index (χ2n) is 5.04. The minimum Gasteiger partial charge on any atom is -0.360 e. The molecule has 0 saturated heterocycles. The van der Waals surface area contributed by atoms with E-state index in [9.17, 15) is 4.79 Å². The zero-order valence-corrected chi connectivity index (χ0v) is 12.1. The molecule has 0 spiro atoms. The summed E-state index contributed by atoms with van der Waals surface area (Å²) in [6.45, 7) is 3.92. The average Bonchev–Trinajstić information content (AvgIpc) is 2.84. The van der Waals surface area contributed by atoms with E-state index in [0.717, 1.165) is 22.0 Å². The molecule has 0 aliphatic carbocycles. The van der Waals surface area contributed by atoms with Crippen LogP contribution in [-0.4, -0.2) is 10.8 Å². The van der Waals surface area contributed by atoms with Crippen LogP contribution >= 0.6 is 11.6 Å². The van der Waals surface area contributed by atoms with Crippen molar-refractivity contribution in [2.24, 2.45) is 0 Å². The van der Waals surface area contributed by atoms with Gasteiger partial charge in [0, 0.05) is 33.2 Å². The predicted molar refractivity (Wildman–Crippen MR) is 82.7 cm³/mol. The zero-order chi connectivity index (χ0) is 14.3. The molecule has 0 atom stereocenters. The number of aryl methyl sites for hydroxylation is 2. The molecule has 2 aromatic carbocycles. The van der Waals surface area contributed by atoms with Gasteiger partial charge in [0.1, 0.15) is 0 Å². The van der Waals surface area contributed by atoms with E-state index >= 15 is 0 Å². The van der Waals surface area contributed by atoms with Gasteiger partial charge in [-0.25, -0.2) is 0 Å². The van der Waals surface area contributed by atoms with E-state index in [1.165, 1.54) is 0 Å². The summed E-state index contributed by atoms with van der Waals surface area (Å²) < 4.78 is 0. The average molecular weight is 284 g/mol. The van der Waals surface area contributed by atoms with Crippen LogP contribution in [0.4, 0.5) is 0 Å². The molecule has 3 aromatic rings. The molecule has 0 radical (unpaired) electrons. The van der Waals surface area contributed by atoms with Gasteiger partial charge in [0.25, 0.3) is 0 Å². The Bertz CT molecular complexity index is 817. The molecule has 20 heavy (non-hydrogen) atoms. The molecule has 0 unspecified atom stereocenters. The van der Waals surface area contributed by atoms with Crippen molar-refractivity contribution in [1.82, 2.24) is 4.98 Å². The third-order valence-electron chi connectivity index (χ3n) is 3.50. The van der Waals surface area contributed by atoms with Gasteiger partial charge in [-0.3, -0.25) is 4.79 Å². The number of hydrogen-bond donors (Lipinski definition) is 1. The van der Waals surface area contributed by atoms with E-state index < -0.39 is 0 Å². The highest BCUT2D eigenvalue weighted by Gasteiger charge is 2.14. The van der Waals surface area contributed by atoms with E-state index in [1.54, 1.807) is 18.3 Å². The summed E-state index contributed by atoms with van der Waals surface area (Å²) in [5.74, 6) is 0.0154. The lowest BCUT2D eigenvalue weighted by Gasteiger charge is -2.03. The molecule has 1 heterocycles. The summed E-state index contributed by atoms with van der Waals surface area (Å²) in [4.78, 5) is 15.8. The molecule has 3 rings (SSSR count). The molecule has 0 amide bonds. The first kappa shape index (κ1) is 12.9. The summed E-state index contributed by atoms with van der Waals surface area (Å²) >= 11 is 6.01. The molecule has 3 heteroatoms. The Morgan fingerprint density at radius 3 is 2.65 bits per heavy atom. The van der Waals surface area contributed by atoms with Crippen molar-refractivity contribution in [3.63, 3.8) is 0 Å². The minimum absolute atomic E-state index is 0.0154. The second-order valence-corrected chi connectivity index (χ2v) is 5.45. The Balaban J connectivity index is 2.12. The van der Waals surface area contributed by atoms with Crippen molar-refractivity contribution >= 4 is 28.3 Å². The third-order valence-corrected chi connectivity index (χ3v) is 3.93. The van der Waals surface area contributed by atoms with E-state index in [2.05, 4.69) is 4.98 Å². The van der Waals surface area contributed by atoms with Crippen LogP contribution in [0, 0.1) is 13.8 Å². The largest absolute Gasteiger partial charge is 0.360 e. The molecule has 100 valence electrons. The number of aromatic nitrogens is 1. The molecular formula is C17H14ClNO. The number of hydrogen-bond acceptors (Lipinski definition) is 1. The van der Waals surface area contributed by atoms with Crippen LogP contribution in [0.1, 0.15) is 27.0 Å². The number of ketones is 1. The van der Waals surface area contributed by atoms with Crippen LogP contribution in [0.3, 0.4) is 0 Å². The summed E-state index contributed by atoms with van der Waals surface area (Å²) in [5, 5.41) is 1.64. The lowest BCUT2D eigenvalue weighted by Crippen LogP contribution is -2.00. The van der Waals surface area contributed by atoms with Crippen LogP contribution in [0.15, 0.2) is 42.6 Å². The van der Waals surface area contributed by atoms with E-state index in [1.807, 2.05) is 38.1 Å². The Morgan fingerprint density at radius 2 is 1.90 bits per heavy atom. The van der Waals surface area contributed by atoms with Gasteiger partial charge in [-0.05, 0) is 49.7 Å². The Hall–Kier alpha value is -2.06. The maximum atomic E-state index is 12.6. The standard InChI is InChI=1S/C17H14ClNO/c1-10-3-6-16-13(7-10)14(9-19-16)17(20)12-4-5-15(18)11(2)8-12/h3-9,19H,1-2H3. The van der Waals surface area contributed by atoms with Crippen molar-refractivity contribution in [1.29, 1.82) is 0 Å².